The number of hydrogen-bond donors (Lipinski definition) is 4. The van der Waals surface area contributed by atoms with Crippen molar-refractivity contribution in [2.24, 2.45) is 11.5 Å². The van der Waals surface area contributed by atoms with Crippen molar-refractivity contribution in [3.05, 3.63) is 0 Å². The van der Waals surface area contributed by atoms with E-state index >= 15 is 0 Å². The van der Waals surface area contributed by atoms with Gasteiger partial charge in [0.1, 0.15) is 6.23 Å². The zero-order valence-corrected chi connectivity index (χ0v) is 6.78. The third-order valence-electron chi connectivity index (χ3n) is 1.19. The Labute approximate surface area is 69.9 Å². The van der Waals surface area contributed by atoms with Gasteiger partial charge in [-0.3, -0.25) is 14.9 Å². The van der Waals surface area contributed by atoms with E-state index in [0.717, 1.165) is 0 Å². The lowest BCUT2D eigenvalue weighted by molar-refractivity contribution is -0.125. The van der Waals surface area contributed by atoms with Crippen LogP contribution in [0.1, 0.15) is 13.3 Å². The standard InChI is InChI=1S/C6H13N3O3/c1-3(10)9-4(6(8)12)2-5(7)11/h3-4,9-10H,2H2,1H3,(H2,7,11)(H2,8,12). The first kappa shape index (κ1) is 10.9. The number of carbonyl (C=O) groups is 2. The topological polar surface area (TPSA) is 118 Å². The third-order valence-corrected chi connectivity index (χ3v) is 1.19. The molecule has 12 heavy (non-hydrogen) atoms. The highest BCUT2D eigenvalue weighted by molar-refractivity contribution is 5.86. The molecule has 2 amide bonds. The Morgan fingerprint density at radius 1 is 1.50 bits per heavy atom. The fourth-order valence-corrected chi connectivity index (χ4v) is 0.734. The second-order valence-corrected chi connectivity index (χ2v) is 2.47. The molecule has 2 atom stereocenters. The molecule has 2 unspecified atom stereocenters. The van der Waals surface area contributed by atoms with Crippen molar-refractivity contribution in [3.63, 3.8) is 0 Å². The molecule has 0 rings (SSSR count). The van der Waals surface area contributed by atoms with Crippen molar-refractivity contribution < 1.29 is 14.7 Å². The zero-order valence-electron chi connectivity index (χ0n) is 6.78. The van der Waals surface area contributed by atoms with E-state index in [1.165, 1.54) is 6.92 Å². The minimum atomic E-state index is -0.901. The monoisotopic (exact) mass is 175 g/mol. The fraction of sp³-hybridized carbons (Fsp3) is 0.667. The number of amides is 2. The van der Waals surface area contributed by atoms with Crippen LogP contribution >= 0.6 is 0 Å². The average molecular weight is 175 g/mol. The molecule has 0 radical (unpaired) electrons. The van der Waals surface area contributed by atoms with E-state index in [4.69, 9.17) is 16.6 Å². The van der Waals surface area contributed by atoms with Crippen LogP contribution in [0.5, 0.6) is 0 Å². The molecule has 0 aromatic rings. The molecule has 0 bridgehead atoms. The minimum absolute atomic E-state index is 0.208. The van der Waals surface area contributed by atoms with Gasteiger partial charge in [-0.2, -0.15) is 0 Å². The Bertz CT molecular complexity index is 181. The number of carbonyl (C=O) groups excluding carboxylic acids is 2. The van der Waals surface area contributed by atoms with Gasteiger partial charge >= 0.3 is 0 Å². The summed E-state index contributed by atoms with van der Waals surface area (Å²) in [5, 5.41) is 11.2. The molecule has 0 fully saturated rings. The second kappa shape index (κ2) is 4.68. The average Bonchev–Trinajstić information content (AvgIpc) is 1.83. The van der Waals surface area contributed by atoms with Gasteiger partial charge in [0.05, 0.1) is 12.5 Å². The quantitative estimate of drug-likeness (QED) is 0.349. The smallest absolute Gasteiger partial charge is 0.235 e. The molecule has 0 spiro atoms. The molecule has 0 saturated heterocycles. The maximum Gasteiger partial charge on any atom is 0.235 e. The molecule has 0 aliphatic carbocycles. The molecule has 6 heteroatoms. The summed E-state index contributed by atoms with van der Waals surface area (Å²) in [7, 11) is 0. The number of rotatable bonds is 5. The SMILES string of the molecule is CC(O)NC(CC(N)=O)C(N)=O. The van der Waals surface area contributed by atoms with Crippen LogP contribution in [0.2, 0.25) is 0 Å². The lowest BCUT2D eigenvalue weighted by Crippen LogP contribution is -2.47. The molecule has 0 heterocycles. The molecule has 70 valence electrons. The summed E-state index contributed by atoms with van der Waals surface area (Å²) >= 11 is 0. The lowest BCUT2D eigenvalue weighted by Gasteiger charge is -2.15. The first-order chi connectivity index (χ1) is 5.43. The van der Waals surface area contributed by atoms with E-state index in [1.54, 1.807) is 0 Å². The Hall–Kier alpha value is -1.14. The van der Waals surface area contributed by atoms with Gasteiger partial charge < -0.3 is 16.6 Å². The van der Waals surface area contributed by atoms with Crippen LogP contribution in [-0.4, -0.2) is 29.2 Å². The number of nitrogens with two attached hydrogens (primary N) is 2. The largest absolute Gasteiger partial charge is 0.379 e. The van der Waals surface area contributed by atoms with Crippen molar-refractivity contribution in [3.8, 4) is 0 Å². The maximum absolute atomic E-state index is 10.6. The van der Waals surface area contributed by atoms with Gasteiger partial charge in [0.25, 0.3) is 0 Å². The molecule has 0 aliphatic heterocycles. The summed E-state index contributed by atoms with van der Waals surface area (Å²) < 4.78 is 0. The fourth-order valence-electron chi connectivity index (χ4n) is 0.734. The summed E-state index contributed by atoms with van der Waals surface area (Å²) in [5.41, 5.74) is 9.75. The predicted octanol–water partition coefficient (Wildman–Crippen LogP) is -2.36. The summed E-state index contributed by atoms with van der Waals surface area (Å²) in [6, 6.07) is -0.900. The maximum atomic E-state index is 10.6. The number of aliphatic hydroxyl groups excluding tert-OH is 1. The first-order valence-electron chi connectivity index (χ1n) is 3.45. The molecule has 6 nitrogen and oxygen atoms in total. The third kappa shape index (κ3) is 4.64. The van der Waals surface area contributed by atoms with Gasteiger partial charge in [-0.05, 0) is 6.92 Å². The number of primary amides is 2. The van der Waals surface area contributed by atoms with Gasteiger partial charge in [0.15, 0.2) is 0 Å². The highest BCUT2D eigenvalue weighted by atomic mass is 16.3. The van der Waals surface area contributed by atoms with Crippen molar-refractivity contribution in [1.29, 1.82) is 0 Å². The Morgan fingerprint density at radius 3 is 2.25 bits per heavy atom. The molecular weight excluding hydrogens is 162 g/mol. The summed E-state index contributed by atoms with van der Waals surface area (Å²) in [6.45, 7) is 1.41. The van der Waals surface area contributed by atoms with Crippen LogP contribution in [0.25, 0.3) is 0 Å². The first-order valence-corrected chi connectivity index (χ1v) is 3.45. The molecule has 0 saturated carbocycles. The number of hydrogen-bond acceptors (Lipinski definition) is 4. The molecule has 0 aromatic heterocycles. The van der Waals surface area contributed by atoms with Crippen LogP contribution in [0.15, 0.2) is 0 Å². The predicted molar refractivity (Wildman–Crippen MR) is 41.6 cm³/mol. The van der Waals surface area contributed by atoms with E-state index in [9.17, 15) is 9.59 Å². The van der Waals surface area contributed by atoms with E-state index in [1.807, 2.05) is 0 Å². The van der Waals surface area contributed by atoms with E-state index in [-0.39, 0.29) is 6.42 Å². The Morgan fingerprint density at radius 2 is 2.00 bits per heavy atom. The van der Waals surface area contributed by atoms with E-state index in [2.05, 4.69) is 5.32 Å². The Balaban J connectivity index is 4.04. The molecule has 0 aliphatic rings. The van der Waals surface area contributed by atoms with Crippen LogP contribution in [0.4, 0.5) is 0 Å². The molecule has 0 aromatic carbocycles. The van der Waals surface area contributed by atoms with Crippen LogP contribution in [0, 0.1) is 0 Å². The summed E-state index contributed by atoms with van der Waals surface area (Å²) in [4.78, 5) is 21.0. The van der Waals surface area contributed by atoms with Crippen LogP contribution < -0.4 is 16.8 Å². The minimum Gasteiger partial charge on any atom is -0.379 e. The summed E-state index contributed by atoms with van der Waals surface area (Å²) in [6.07, 6.45) is -1.11. The van der Waals surface area contributed by atoms with Crippen molar-refractivity contribution >= 4 is 11.8 Å². The van der Waals surface area contributed by atoms with Crippen molar-refractivity contribution in [2.45, 2.75) is 25.6 Å². The van der Waals surface area contributed by atoms with Gasteiger partial charge in [0.2, 0.25) is 11.8 Å². The normalized spacial score (nSPS) is 15.2. The summed E-state index contributed by atoms with van der Waals surface area (Å²) in [5.74, 6) is -1.36. The van der Waals surface area contributed by atoms with Crippen molar-refractivity contribution in [2.75, 3.05) is 0 Å². The van der Waals surface area contributed by atoms with Crippen LogP contribution in [0.3, 0.4) is 0 Å². The molecular formula is C6H13N3O3. The number of nitrogens with one attached hydrogen (secondary N) is 1. The molecule has 6 N–H and O–H groups in total. The van der Waals surface area contributed by atoms with E-state index < -0.39 is 24.1 Å². The van der Waals surface area contributed by atoms with Gasteiger partial charge in [-0.25, -0.2) is 0 Å². The van der Waals surface area contributed by atoms with Crippen LogP contribution in [-0.2, 0) is 9.59 Å². The highest BCUT2D eigenvalue weighted by Gasteiger charge is 2.18. The number of aliphatic hydroxyl groups is 1. The Kier molecular flexibility index (Phi) is 4.24. The van der Waals surface area contributed by atoms with E-state index in [0.29, 0.717) is 0 Å². The van der Waals surface area contributed by atoms with Gasteiger partial charge in [-0.1, -0.05) is 0 Å². The second-order valence-electron chi connectivity index (χ2n) is 2.47. The van der Waals surface area contributed by atoms with Crippen molar-refractivity contribution in [1.82, 2.24) is 5.32 Å². The van der Waals surface area contributed by atoms with Gasteiger partial charge in [-0.15, -0.1) is 0 Å². The highest BCUT2D eigenvalue weighted by Crippen LogP contribution is 1.91. The lowest BCUT2D eigenvalue weighted by atomic mass is 10.2. The zero-order chi connectivity index (χ0) is 9.72. The van der Waals surface area contributed by atoms with Gasteiger partial charge in [0, 0.05) is 0 Å².